The predicted molar refractivity (Wildman–Crippen MR) is 40.8 cm³/mol. The lowest BCUT2D eigenvalue weighted by Gasteiger charge is -2.00. The molecule has 0 aliphatic heterocycles. The fourth-order valence-electron chi connectivity index (χ4n) is 0.864. The average Bonchev–Trinajstić information content (AvgIpc) is 1.98. The van der Waals surface area contributed by atoms with E-state index in [0.717, 1.165) is 5.56 Å². The van der Waals surface area contributed by atoms with Crippen LogP contribution in [0.5, 0.6) is 5.75 Å². The highest BCUT2D eigenvalue weighted by atomic mass is 19.1. The van der Waals surface area contributed by atoms with Crippen LogP contribution in [-0.2, 0) is 6.54 Å². The number of rotatable bonds is 2. The Hall–Kier alpha value is -1.09. The van der Waals surface area contributed by atoms with Crippen LogP contribution < -0.4 is 5.32 Å². The molecule has 0 amide bonds. The van der Waals surface area contributed by atoms with Crippen molar-refractivity contribution in [2.45, 2.75) is 6.54 Å². The van der Waals surface area contributed by atoms with Gasteiger partial charge in [0.2, 0.25) is 0 Å². The molecule has 1 aromatic rings. The van der Waals surface area contributed by atoms with Crippen LogP contribution in [0.4, 0.5) is 4.39 Å². The molecule has 0 saturated heterocycles. The number of nitrogens with one attached hydrogen (secondary N) is 1. The molecule has 11 heavy (non-hydrogen) atoms. The van der Waals surface area contributed by atoms with Crippen LogP contribution in [0.1, 0.15) is 5.56 Å². The largest absolute Gasteiger partial charge is 0.505 e. The molecule has 0 atom stereocenters. The van der Waals surface area contributed by atoms with Gasteiger partial charge >= 0.3 is 0 Å². The Bertz CT molecular complexity index is 250. The number of aromatic hydroxyl groups is 1. The summed E-state index contributed by atoms with van der Waals surface area (Å²) in [4.78, 5) is 0. The predicted octanol–water partition coefficient (Wildman–Crippen LogP) is 1.25. The highest BCUT2D eigenvalue weighted by molar-refractivity contribution is 5.27. The molecule has 60 valence electrons. The van der Waals surface area contributed by atoms with Crippen LogP contribution in [0.25, 0.3) is 0 Å². The summed E-state index contributed by atoms with van der Waals surface area (Å²) >= 11 is 0. The monoisotopic (exact) mass is 155 g/mol. The van der Waals surface area contributed by atoms with E-state index >= 15 is 0 Å². The van der Waals surface area contributed by atoms with Gasteiger partial charge in [0.15, 0.2) is 11.6 Å². The van der Waals surface area contributed by atoms with Gasteiger partial charge in [-0.1, -0.05) is 6.07 Å². The van der Waals surface area contributed by atoms with Gasteiger partial charge in [-0.15, -0.1) is 0 Å². The quantitative estimate of drug-likeness (QED) is 0.673. The normalized spacial score (nSPS) is 10.0. The lowest BCUT2D eigenvalue weighted by atomic mass is 10.2. The number of phenolic OH excluding ortho intramolecular Hbond substituents is 1. The Labute approximate surface area is 64.7 Å². The van der Waals surface area contributed by atoms with Crippen LogP contribution in [-0.4, -0.2) is 12.2 Å². The zero-order valence-electron chi connectivity index (χ0n) is 6.26. The van der Waals surface area contributed by atoms with Crippen molar-refractivity contribution in [2.24, 2.45) is 0 Å². The van der Waals surface area contributed by atoms with Crippen molar-refractivity contribution in [1.82, 2.24) is 5.32 Å². The van der Waals surface area contributed by atoms with Crippen LogP contribution in [0.2, 0.25) is 0 Å². The molecule has 2 N–H and O–H groups in total. The van der Waals surface area contributed by atoms with E-state index in [1.807, 2.05) is 0 Å². The van der Waals surface area contributed by atoms with Crippen LogP contribution in [0, 0.1) is 5.82 Å². The molecule has 0 saturated carbocycles. The smallest absolute Gasteiger partial charge is 0.165 e. The van der Waals surface area contributed by atoms with Crippen molar-refractivity contribution >= 4 is 0 Å². The van der Waals surface area contributed by atoms with Gasteiger partial charge in [-0.05, 0) is 24.7 Å². The molecule has 0 heterocycles. The Morgan fingerprint density at radius 1 is 1.55 bits per heavy atom. The van der Waals surface area contributed by atoms with Gasteiger partial charge < -0.3 is 10.4 Å². The van der Waals surface area contributed by atoms with Gasteiger partial charge in [0.1, 0.15) is 0 Å². The van der Waals surface area contributed by atoms with Gasteiger partial charge in [-0.25, -0.2) is 4.39 Å². The summed E-state index contributed by atoms with van der Waals surface area (Å²) < 4.78 is 12.6. The van der Waals surface area contributed by atoms with E-state index < -0.39 is 5.82 Å². The Morgan fingerprint density at radius 3 is 2.82 bits per heavy atom. The maximum absolute atomic E-state index is 12.6. The van der Waals surface area contributed by atoms with E-state index in [4.69, 9.17) is 5.11 Å². The first kappa shape index (κ1) is 8.01. The first-order chi connectivity index (χ1) is 5.24. The first-order valence-electron chi connectivity index (χ1n) is 3.36. The van der Waals surface area contributed by atoms with Gasteiger partial charge in [0.25, 0.3) is 0 Å². The van der Waals surface area contributed by atoms with Gasteiger partial charge in [0, 0.05) is 6.54 Å². The minimum Gasteiger partial charge on any atom is -0.505 e. The second-order valence-electron chi connectivity index (χ2n) is 2.32. The minimum absolute atomic E-state index is 0.301. The summed E-state index contributed by atoms with van der Waals surface area (Å²) in [7, 11) is 1.78. The van der Waals surface area contributed by atoms with Crippen LogP contribution in [0.3, 0.4) is 0 Å². The molecular formula is C8H10FNO. The Kier molecular flexibility index (Phi) is 2.44. The lowest BCUT2D eigenvalue weighted by Crippen LogP contribution is -2.04. The zero-order valence-corrected chi connectivity index (χ0v) is 6.26. The summed E-state index contributed by atoms with van der Waals surface area (Å²) in [5, 5.41) is 11.7. The Morgan fingerprint density at radius 2 is 2.27 bits per heavy atom. The molecule has 0 bridgehead atoms. The van der Waals surface area contributed by atoms with Crippen molar-refractivity contribution in [3.63, 3.8) is 0 Å². The van der Waals surface area contributed by atoms with E-state index in [9.17, 15) is 4.39 Å². The number of benzene rings is 1. The van der Waals surface area contributed by atoms with Crippen molar-refractivity contribution in [3.05, 3.63) is 29.6 Å². The van der Waals surface area contributed by atoms with E-state index in [1.165, 1.54) is 12.1 Å². The molecule has 0 radical (unpaired) electrons. The fourth-order valence-corrected chi connectivity index (χ4v) is 0.864. The third-order valence-electron chi connectivity index (χ3n) is 1.39. The van der Waals surface area contributed by atoms with Crippen molar-refractivity contribution in [3.8, 4) is 5.75 Å². The second-order valence-corrected chi connectivity index (χ2v) is 2.32. The first-order valence-corrected chi connectivity index (χ1v) is 3.36. The summed E-state index contributed by atoms with van der Waals surface area (Å²) in [5.41, 5.74) is 0.822. The average molecular weight is 155 g/mol. The molecule has 0 fully saturated rings. The number of hydrogen-bond donors (Lipinski definition) is 2. The second kappa shape index (κ2) is 3.34. The van der Waals surface area contributed by atoms with Gasteiger partial charge in [-0.2, -0.15) is 0 Å². The maximum Gasteiger partial charge on any atom is 0.165 e. The number of halogens is 1. The fraction of sp³-hybridized carbons (Fsp3) is 0.250. The van der Waals surface area contributed by atoms with Crippen molar-refractivity contribution in [1.29, 1.82) is 0 Å². The molecule has 1 rings (SSSR count). The van der Waals surface area contributed by atoms with E-state index in [-0.39, 0.29) is 5.75 Å². The summed E-state index contributed by atoms with van der Waals surface area (Å²) in [6.45, 7) is 0.608. The standard InChI is InChI=1S/C8H10FNO/c1-10-5-6-2-3-8(11)7(9)4-6/h2-4,10-11H,5H2,1H3. The maximum atomic E-state index is 12.6. The molecule has 0 aliphatic carbocycles. The molecule has 0 aliphatic rings. The molecule has 1 aromatic carbocycles. The summed E-state index contributed by atoms with van der Waals surface area (Å²) in [5.74, 6) is -0.873. The van der Waals surface area contributed by atoms with Crippen LogP contribution >= 0.6 is 0 Å². The third-order valence-corrected chi connectivity index (χ3v) is 1.39. The third kappa shape index (κ3) is 1.91. The molecule has 0 spiro atoms. The van der Waals surface area contributed by atoms with E-state index in [1.54, 1.807) is 13.1 Å². The molecular weight excluding hydrogens is 145 g/mol. The molecule has 0 unspecified atom stereocenters. The van der Waals surface area contributed by atoms with E-state index in [2.05, 4.69) is 5.32 Å². The van der Waals surface area contributed by atoms with Crippen molar-refractivity contribution < 1.29 is 9.50 Å². The number of phenols is 1. The number of hydrogen-bond acceptors (Lipinski definition) is 2. The topological polar surface area (TPSA) is 32.3 Å². The summed E-state index contributed by atoms with van der Waals surface area (Å²) in [6, 6.07) is 4.34. The van der Waals surface area contributed by atoms with Gasteiger partial charge in [-0.3, -0.25) is 0 Å². The van der Waals surface area contributed by atoms with E-state index in [0.29, 0.717) is 6.54 Å². The Balaban J connectivity index is 2.86. The highest BCUT2D eigenvalue weighted by Crippen LogP contribution is 2.15. The zero-order chi connectivity index (χ0) is 8.27. The SMILES string of the molecule is CNCc1ccc(O)c(F)c1. The van der Waals surface area contributed by atoms with Crippen molar-refractivity contribution in [2.75, 3.05) is 7.05 Å². The minimum atomic E-state index is -0.572. The van der Waals surface area contributed by atoms with Gasteiger partial charge in [0.05, 0.1) is 0 Å². The molecule has 0 aromatic heterocycles. The van der Waals surface area contributed by atoms with Crippen LogP contribution in [0.15, 0.2) is 18.2 Å². The lowest BCUT2D eigenvalue weighted by molar-refractivity contribution is 0.431. The summed E-state index contributed by atoms with van der Waals surface area (Å²) in [6.07, 6.45) is 0. The molecule has 2 nitrogen and oxygen atoms in total. The molecule has 3 heteroatoms. The highest BCUT2D eigenvalue weighted by Gasteiger charge is 1.99.